The molecule has 1 heterocycles. The number of sulfonamides is 1. The lowest BCUT2D eigenvalue weighted by atomic mass is 10.1. The van der Waals surface area contributed by atoms with Gasteiger partial charge in [0, 0.05) is 25.7 Å². The van der Waals surface area contributed by atoms with Gasteiger partial charge < -0.3 is 15.0 Å². The SMILES string of the molecule is COc1ccccc1N(C)S(=O)(=O)c1ccc(C)c(C(=O)Nc2c(F)cccc2N2CCCC2)c1. The number of nitrogens with one attached hydrogen (secondary N) is 1. The van der Waals surface area contributed by atoms with E-state index in [0.717, 1.165) is 30.2 Å². The Morgan fingerprint density at radius 2 is 1.77 bits per heavy atom. The molecule has 4 rings (SSSR count). The van der Waals surface area contributed by atoms with Gasteiger partial charge in [0.2, 0.25) is 0 Å². The Labute approximate surface area is 205 Å². The highest BCUT2D eigenvalue weighted by molar-refractivity contribution is 7.92. The summed E-state index contributed by atoms with van der Waals surface area (Å²) in [6.07, 6.45) is 2.01. The number of rotatable bonds is 7. The van der Waals surface area contributed by atoms with Crippen LogP contribution in [0.5, 0.6) is 5.75 Å². The van der Waals surface area contributed by atoms with Crippen molar-refractivity contribution in [1.82, 2.24) is 0 Å². The van der Waals surface area contributed by atoms with E-state index < -0.39 is 21.7 Å². The van der Waals surface area contributed by atoms with Crippen molar-refractivity contribution in [2.45, 2.75) is 24.7 Å². The first-order valence-electron chi connectivity index (χ1n) is 11.3. The van der Waals surface area contributed by atoms with Gasteiger partial charge in [0.1, 0.15) is 17.3 Å². The van der Waals surface area contributed by atoms with Crippen LogP contribution in [0, 0.1) is 12.7 Å². The van der Waals surface area contributed by atoms with Crippen molar-refractivity contribution in [2.75, 3.05) is 41.8 Å². The van der Waals surface area contributed by atoms with Gasteiger partial charge in [-0.05, 0) is 61.7 Å². The minimum absolute atomic E-state index is 0.0602. The van der Waals surface area contributed by atoms with Gasteiger partial charge in [0.05, 0.1) is 23.4 Å². The van der Waals surface area contributed by atoms with E-state index in [1.165, 1.54) is 32.4 Å². The highest BCUT2D eigenvalue weighted by atomic mass is 32.2. The molecule has 3 aromatic rings. The van der Waals surface area contributed by atoms with Crippen LogP contribution in [0.25, 0.3) is 0 Å². The van der Waals surface area contributed by atoms with Gasteiger partial charge in [-0.2, -0.15) is 0 Å². The molecule has 1 N–H and O–H groups in total. The molecule has 184 valence electrons. The molecule has 3 aromatic carbocycles. The summed E-state index contributed by atoms with van der Waals surface area (Å²) in [6.45, 7) is 3.28. The second-order valence-electron chi connectivity index (χ2n) is 8.40. The number of para-hydroxylation sites is 3. The van der Waals surface area contributed by atoms with E-state index in [-0.39, 0.29) is 16.1 Å². The molecular formula is C26H28FN3O4S. The normalized spacial score (nSPS) is 13.5. The van der Waals surface area contributed by atoms with Crippen molar-refractivity contribution in [1.29, 1.82) is 0 Å². The summed E-state index contributed by atoms with van der Waals surface area (Å²) in [5.41, 5.74) is 1.80. The summed E-state index contributed by atoms with van der Waals surface area (Å²) < 4.78 is 48.0. The van der Waals surface area contributed by atoms with Crippen molar-refractivity contribution < 1.29 is 22.3 Å². The van der Waals surface area contributed by atoms with Gasteiger partial charge in [0.25, 0.3) is 15.9 Å². The number of hydrogen-bond donors (Lipinski definition) is 1. The van der Waals surface area contributed by atoms with Crippen LogP contribution < -0.4 is 19.3 Å². The van der Waals surface area contributed by atoms with Crippen molar-refractivity contribution >= 4 is 33.0 Å². The Balaban J connectivity index is 1.67. The average Bonchev–Trinajstić information content (AvgIpc) is 3.39. The van der Waals surface area contributed by atoms with E-state index in [4.69, 9.17) is 4.74 Å². The van der Waals surface area contributed by atoms with Gasteiger partial charge >= 0.3 is 0 Å². The Kier molecular flexibility index (Phi) is 6.98. The molecule has 1 fully saturated rings. The Morgan fingerprint density at radius 1 is 1.06 bits per heavy atom. The van der Waals surface area contributed by atoms with Gasteiger partial charge in [-0.3, -0.25) is 9.10 Å². The first kappa shape index (κ1) is 24.5. The number of amides is 1. The second kappa shape index (κ2) is 9.95. The first-order chi connectivity index (χ1) is 16.7. The zero-order valence-corrected chi connectivity index (χ0v) is 20.7. The number of carbonyl (C=O) groups is 1. The number of hydrogen-bond acceptors (Lipinski definition) is 5. The molecule has 9 heteroatoms. The molecule has 0 saturated carbocycles. The van der Waals surface area contributed by atoms with Crippen LogP contribution in [0.15, 0.2) is 65.6 Å². The predicted molar refractivity (Wildman–Crippen MR) is 136 cm³/mol. The molecule has 35 heavy (non-hydrogen) atoms. The monoisotopic (exact) mass is 497 g/mol. The lowest BCUT2D eigenvalue weighted by Gasteiger charge is -2.23. The van der Waals surface area contributed by atoms with E-state index in [0.29, 0.717) is 22.7 Å². The molecule has 0 spiro atoms. The molecule has 0 radical (unpaired) electrons. The molecule has 7 nitrogen and oxygen atoms in total. The number of nitrogens with zero attached hydrogens (tertiary/aromatic N) is 2. The zero-order chi connectivity index (χ0) is 25.2. The molecule has 0 unspecified atom stereocenters. The smallest absolute Gasteiger partial charge is 0.264 e. The van der Waals surface area contributed by atoms with Crippen LogP contribution in [-0.2, 0) is 10.0 Å². The summed E-state index contributed by atoms with van der Waals surface area (Å²) in [5, 5.41) is 2.69. The number of carbonyl (C=O) groups excluding carboxylic acids is 1. The fourth-order valence-electron chi connectivity index (χ4n) is 4.22. The maximum Gasteiger partial charge on any atom is 0.264 e. The minimum atomic E-state index is -4.01. The van der Waals surface area contributed by atoms with Gasteiger partial charge in [-0.1, -0.05) is 24.3 Å². The average molecular weight is 498 g/mol. The largest absolute Gasteiger partial charge is 0.495 e. The number of ether oxygens (including phenoxy) is 1. The van der Waals surface area contributed by atoms with Gasteiger partial charge in [-0.15, -0.1) is 0 Å². The summed E-state index contributed by atoms with van der Waals surface area (Å²) in [5.74, 6) is -0.720. The molecule has 0 bridgehead atoms. The molecule has 0 aromatic heterocycles. The van der Waals surface area contributed by atoms with E-state index in [1.54, 1.807) is 49.4 Å². The van der Waals surface area contributed by atoms with Crippen molar-refractivity contribution in [3.63, 3.8) is 0 Å². The van der Waals surface area contributed by atoms with E-state index in [9.17, 15) is 17.6 Å². The second-order valence-corrected chi connectivity index (χ2v) is 10.4. The maximum atomic E-state index is 14.8. The van der Waals surface area contributed by atoms with Crippen LogP contribution in [0.3, 0.4) is 0 Å². The van der Waals surface area contributed by atoms with Crippen LogP contribution in [0.2, 0.25) is 0 Å². The van der Waals surface area contributed by atoms with Crippen LogP contribution in [-0.4, -0.2) is 41.6 Å². The van der Waals surface area contributed by atoms with Crippen LogP contribution in [0.1, 0.15) is 28.8 Å². The van der Waals surface area contributed by atoms with Crippen LogP contribution >= 0.6 is 0 Å². The minimum Gasteiger partial charge on any atom is -0.495 e. The molecular weight excluding hydrogens is 469 g/mol. The highest BCUT2D eigenvalue weighted by Crippen LogP contribution is 2.33. The number of methoxy groups -OCH3 is 1. The van der Waals surface area contributed by atoms with E-state index >= 15 is 0 Å². The van der Waals surface area contributed by atoms with Crippen molar-refractivity contribution in [3.05, 3.63) is 77.6 Å². The summed E-state index contributed by atoms with van der Waals surface area (Å²) in [7, 11) is -1.12. The summed E-state index contributed by atoms with van der Waals surface area (Å²) >= 11 is 0. The Morgan fingerprint density at radius 3 is 2.49 bits per heavy atom. The zero-order valence-electron chi connectivity index (χ0n) is 19.9. The van der Waals surface area contributed by atoms with E-state index in [2.05, 4.69) is 5.32 Å². The maximum absolute atomic E-state index is 14.8. The fourth-order valence-corrected chi connectivity index (χ4v) is 5.46. The molecule has 1 aliphatic heterocycles. The summed E-state index contributed by atoms with van der Waals surface area (Å²) in [6, 6.07) is 15.8. The number of anilines is 3. The number of aryl methyl sites for hydroxylation is 1. The molecule has 0 aliphatic carbocycles. The third-order valence-electron chi connectivity index (χ3n) is 6.21. The van der Waals surface area contributed by atoms with Gasteiger partial charge in [-0.25, -0.2) is 12.8 Å². The number of halogens is 1. The third kappa shape index (κ3) is 4.81. The standard InChI is InChI=1S/C26H28FN3O4S/c1-18-13-14-19(35(32,33)29(2)22-10-4-5-12-24(22)34-3)17-20(18)26(31)28-25-21(27)9-8-11-23(25)30-15-6-7-16-30/h4-5,8-14,17H,6-7,15-16H2,1-3H3,(H,28,31). The van der Waals surface area contributed by atoms with Crippen LogP contribution in [0.4, 0.5) is 21.5 Å². The molecule has 1 aliphatic rings. The molecule has 0 atom stereocenters. The fraction of sp³-hybridized carbons (Fsp3) is 0.269. The Bertz CT molecular complexity index is 1350. The van der Waals surface area contributed by atoms with Gasteiger partial charge in [0.15, 0.2) is 0 Å². The summed E-state index contributed by atoms with van der Waals surface area (Å²) in [4.78, 5) is 15.2. The quantitative estimate of drug-likeness (QED) is 0.506. The van der Waals surface area contributed by atoms with Crippen molar-refractivity contribution in [3.8, 4) is 5.75 Å². The third-order valence-corrected chi connectivity index (χ3v) is 7.98. The Hall–Kier alpha value is -3.59. The first-order valence-corrected chi connectivity index (χ1v) is 12.8. The molecule has 1 saturated heterocycles. The van der Waals surface area contributed by atoms with E-state index in [1.807, 2.05) is 4.90 Å². The molecule has 1 amide bonds. The topological polar surface area (TPSA) is 78.9 Å². The lowest BCUT2D eigenvalue weighted by molar-refractivity contribution is 0.102. The highest BCUT2D eigenvalue weighted by Gasteiger charge is 2.26. The predicted octanol–water partition coefficient (Wildman–Crippen LogP) is 4.82. The lowest BCUT2D eigenvalue weighted by Crippen LogP contribution is -2.27. The number of benzene rings is 3. The van der Waals surface area contributed by atoms with Crippen molar-refractivity contribution in [2.24, 2.45) is 0 Å².